The zero-order chi connectivity index (χ0) is 10.9. The molecule has 0 aliphatic carbocycles. The molecule has 0 saturated carbocycles. The fourth-order valence-corrected chi connectivity index (χ4v) is 1.83. The first-order valence-corrected chi connectivity index (χ1v) is 4.66. The van der Waals surface area contributed by atoms with Crippen LogP contribution in [-0.2, 0) is 6.42 Å². The van der Waals surface area contributed by atoms with E-state index >= 15 is 0 Å². The van der Waals surface area contributed by atoms with Crippen molar-refractivity contribution in [3.63, 3.8) is 0 Å². The molecule has 1 aromatic rings. The molecule has 0 aliphatic rings. The zero-order valence-electron chi connectivity index (χ0n) is 9.57. The van der Waals surface area contributed by atoms with Crippen LogP contribution in [0.1, 0.15) is 23.6 Å². The van der Waals surface area contributed by atoms with Crippen LogP contribution in [0.4, 0.5) is 12.9 Å². The van der Waals surface area contributed by atoms with Gasteiger partial charge in [-0.15, -0.1) is 5.46 Å². The Hall–Kier alpha value is 0.711. The van der Waals surface area contributed by atoms with E-state index in [0.29, 0.717) is 17.5 Å². The maximum absolute atomic E-state index is 12.7. The number of aryl methyl sites for hydroxylation is 3. The van der Waals surface area contributed by atoms with Gasteiger partial charge < -0.3 is 12.9 Å². The molecule has 0 saturated heterocycles. The molecule has 1 rings (SSSR count). The molecule has 0 fully saturated rings. The van der Waals surface area contributed by atoms with Gasteiger partial charge in [0.15, 0.2) is 0 Å². The van der Waals surface area contributed by atoms with Crippen LogP contribution in [0.2, 0.25) is 0 Å². The summed E-state index contributed by atoms with van der Waals surface area (Å²) in [5.41, 5.74) is 1.24. The summed E-state index contributed by atoms with van der Waals surface area (Å²) in [6, 6.07) is 3.21. The molecular weight excluding hydrogens is 227 g/mol. The SMILES string of the molecule is CCc1cc(C)cc(C)c1[B-](F)(F)F.[K+]. The van der Waals surface area contributed by atoms with Crippen LogP contribution >= 0.6 is 0 Å². The summed E-state index contributed by atoms with van der Waals surface area (Å²) in [6.07, 6.45) is 0.430. The summed E-state index contributed by atoms with van der Waals surface area (Å²) < 4.78 is 38.1. The number of benzene rings is 1. The minimum absolute atomic E-state index is 0. The van der Waals surface area contributed by atoms with E-state index in [0.717, 1.165) is 5.56 Å². The van der Waals surface area contributed by atoms with Crippen LogP contribution in [0.3, 0.4) is 0 Å². The van der Waals surface area contributed by atoms with Gasteiger partial charge in [-0.3, -0.25) is 0 Å². The molecule has 15 heavy (non-hydrogen) atoms. The summed E-state index contributed by atoms with van der Waals surface area (Å²) in [5.74, 6) is 0. The normalized spacial score (nSPS) is 11.1. The molecule has 1 aromatic carbocycles. The van der Waals surface area contributed by atoms with Crippen molar-refractivity contribution in [2.75, 3.05) is 0 Å². The van der Waals surface area contributed by atoms with Crippen molar-refractivity contribution in [1.82, 2.24) is 0 Å². The number of hydrogen-bond donors (Lipinski definition) is 0. The van der Waals surface area contributed by atoms with Crippen LogP contribution in [0, 0.1) is 13.8 Å². The predicted octanol–water partition coefficient (Wildman–Crippen LogP) is -0.0758. The van der Waals surface area contributed by atoms with E-state index in [9.17, 15) is 12.9 Å². The molecule has 0 bridgehead atoms. The van der Waals surface area contributed by atoms with E-state index < -0.39 is 12.4 Å². The Balaban J connectivity index is 0.00000196. The summed E-state index contributed by atoms with van der Waals surface area (Å²) in [4.78, 5) is 0. The standard InChI is InChI=1S/C10H13BF3.K/c1-4-9-6-7(2)5-8(3)10(9)11(12,13)14;/h5-6H,4H2,1-3H3;/q-1;+1. The summed E-state index contributed by atoms with van der Waals surface area (Å²) in [6.45, 7) is 0.215. The van der Waals surface area contributed by atoms with Gasteiger partial charge in [0.2, 0.25) is 0 Å². The van der Waals surface area contributed by atoms with E-state index in [2.05, 4.69) is 0 Å². The van der Waals surface area contributed by atoms with Gasteiger partial charge in [-0.2, -0.15) is 0 Å². The van der Waals surface area contributed by atoms with Gasteiger partial charge in [0.1, 0.15) is 0 Å². The van der Waals surface area contributed by atoms with Crippen molar-refractivity contribution in [2.24, 2.45) is 0 Å². The first kappa shape index (κ1) is 15.7. The summed E-state index contributed by atoms with van der Waals surface area (Å²) in [5, 5.41) is 0. The number of halogens is 3. The second-order valence-electron chi connectivity index (χ2n) is 3.58. The van der Waals surface area contributed by atoms with Gasteiger partial charge in [0, 0.05) is 0 Å². The van der Waals surface area contributed by atoms with Crippen molar-refractivity contribution in [3.8, 4) is 0 Å². The maximum Gasteiger partial charge on any atom is 1.00 e. The number of rotatable bonds is 2. The van der Waals surface area contributed by atoms with E-state index in [1.165, 1.54) is 6.92 Å². The van der Waals surface area contributed by atoms with E-state index in [1.807, 2.05) is 6.92 Å². The Kier molecular flexibility index (Phi) is 6.15. The smallest absolute Gasteiger partial charge is 0.445 e. The minimum Gasteiger partial charge on any atom is -0.445 e. The fraction of sp³-hybridized carbons (Fsp3) is 0.400. The van der Waals surface area contributed by atoms with Crippen molar-refractivity contribution in [3.05, 3.63) is 28.8 Å². The third-order valence-corrected chi connectivity index (χ3v) is 2.33. The van der Waals surface area contributed by atoms with E-state index in [1.54, 1.807) is 19.1 Å². The average molecular weight is 240 g/mol. The quantitative estimate of drug-likeness (QED) is 0.634. The van der Waals surface area contributed by atoms with Gasteiger partial charge in [-0.25, -0.2) is 0 Å². The summed E-state index contributed by atoms with van der Waals surface area (Å²) >= 11 is 0. The van der Waals surface area contributed by atoms with Crippen LogP contribution in [0.25, 0.3) is 0 Å². The average Bonchev–Trinajstić information content (AvgIpc) is 1.99. The molecule has 0 atom stereocenters. The molecule has 0 unspecified atom stereocenters. The third kappa shape index (κ3) is 3.89. The molecule has 78 valence electrons. The predicted molar refractivity (Wildman–Crippen MR) is 54.0 cm³/mol. The minimum atomic E-state index is -4.88. The van der Waals surface area contributed by atoms with Crippen LogP contribution in [-0.4, -0.2) is 6.98 Å². The third-order valence-electron chi connectivity index (χ3n) is 2.33. The molecule has 0 nitrogen and oxygen atoms in total. The Labute approximate surface area is 131 Å². The first-order valence-electron chi connectivity index (χ1n) is 4.66. The Morgan fingerprint density at radius 2 is 1.67 bits per heavy atom. The Morgan fingerprint density at radius 3 is 2.07 bits per heavy atom. The molecule has 0 amide bonds. The van der Waals surface area contributed by atoms with Gasteiger partial charge in [-0.05, 0) is 20.3 Å². The molecule has 0 aromatic heterocycles. The second-order valence-corrected chi connectivity index (χ2v) is 3.58. The van der Waals surface area contributed by atoms with E-state index in [-0.39, 0.29) is 51.4 Å². The van der Waals surface area contributed by atoms with Crippen LogP contribution in [0.15, 0.2) is 12.1 Å². The Bertz CT molecular complexity index is 347. The monoisotopic (exact) mass is 240 g/mol. The van der Waals surface area contributed by atoms with Gasteiger partial charge in [-0.1, -0.05) is 35.7 Å². The number of hydrogen-bond acceptors (Lipinski definition) is 0. The maximum atomic E-state index is 12.7. The van der Waals surface area contributed by atoms with Crippen molar-refractivity contribution < 1.29 is 64.3 Å². The molecule has 0 heterocycles. The van der Waals surface area contributed by atoms with Crippen LogP contribution < -0.4 is 56.8 Å². The zero-order valence-corrected chi connectivity index (χ0v) is 12.7. The molecule has 0 N–H and O–H groups in total. The van der Waals surface area contributed by atoms with Gasteiger partial charge in [0.05, 0.1) is 0 Å². The molecule has 5 heteroatoms. The first-order chi connectivity index (χ1) is 6.36. The van der Waals surface area contributed by atoms with E-state index in [4.69, 9.17) is 0 Å². The van der Waals surface area contributed by atoms with Crippen LogP contribution in [0.5, 0.6) is 0 Å². The molecular formula is C10H13BF3K. The largest absolute Gasteiger partial charge is 1.00 e. The van der Waals surface area contributed by atoms with Gasteiger partial charge >= 0.3 is 58.4 Å². The fourth-order valence-electron chi connectivity index (χ4n) is 1.83. The van der Waals surface area contributed by atoms with Crippen molar-refractivity contribution in [2.45, 2.75) is 27.2 Å². The topological polar surface area (TPSA) is 0 Å². The van der Waals surface area contributed by atoms with Gasteiger partial charge in [0.25, 0.3) is 0 Å². The molecule has 0 radical (unpaired) electrons. The summed E-state index contributed by atoms with van der Waals surface area (Å²) in [7, 11) is 0. The Morgan fingerprint density at radius 1 is 1.13 bits per heavy atom. The second kappa shape index (κ2) is 5.87. The molecule has 0 aliphatic heterocycles. The molecule has 0 spiro atoms. The van der Waals surface area contributed by atoms with Crippen molar-refractivity contribution >= 4 is 12.4 Å². The van der Waals surface area contributed by atoms with Crippen molar-refractivity contribution in [1.29, 1.82) is 0 Å².